The van der Waals surface area contributed by atoms with Crippen LogP contribution in [0.1, 0.15) is 29.8 Å². The summed E-state index contributed by atoms with van der Waals surface area (Å²) in [6, 6.07) is 10.7. The number of carbonyl (C=O) groups is 2. The van der Waals surface area contributed by atoms with Crippen LogP contribution in [0.4, 0.5) is 15.8 Å². The van der Waals surface area contributed by atoms with Crippen LogP contribution in [0.5, 0.6) is 0 Å². The van der Waals surface area contributed by atoms with E-state index in [1.54, 1.807) is 18.0 Å². The van der Waals surface area contributed by atoms with Crippen molar-refractivity contribution in [2.24, 2.45) is 0 Å². The molecule has 1 aliphatic heterocycles. The minimum Gasteiger partial charge on any atom is -0.322 e. The Morgan fingerprint density at radius 1 is 1.13 bits per heavy atom. The molecule has 2 aromatic rings. The number of nitrogens with zero attached hydrogens (tertiary/aromatic N) is 1. The fourth-order valence-electron chi connectivity index (χ4n) is 2.86. The fourth-order valence-corrected chi connectivity index (χ4v) is 2.86. The number of carbonyl (C=O) groups excluding carboxylic acids is 2. The minimum atomic E-state index is -0.624. The first-order valence-electron chi connectivity index (χ1n) is 7.30. The van der Waals surface area contributed by atoms with Crippen LogP contribution in [0.3, 0.4) is 0 Å². The fraction of sp³-hybridized carbons (Fsp3) is 0.222. The van der Waals surface area contributed by atoms with E-state index in [1.807, 2.05) is 26.0 Å². The Morgan fingerprint density at radius 3 is 2.43 bits per heavy atom. The monoisotopic (exact) mass is 312 g/mol. The Kier molecular flexibility index (Phi) is 3.43. The predicted molar refractivity (Wildman–Crippen MR) is 87.2 cm³/mol. The van der Waals surface area contributed by atoms with Crippen molar-refractivity contribution in [2.75, 3.05) is 17.3 Å². The number of hydrogen-bond acceptors (Lipinski definition) is 2. The lowest BCUT2D eigenvalue weighted by Gasteiger charge is -2.16. The summed E-state index contributed by atoms with van der Waals surface area (Å²) in [5.41, 5.74) is 2.08. The lowest BCUT2D eigenvalue weighted by molar-refractivity contribution is -0.121. The standard InChI is InChI=1S/C18H17FN2O2/c1-18(2)14-10-13(8-9-15(14)21(3)17(18)23)20-16(22)11-4-6-12(19)7-5-11/h4-10H,1-3H3,(H,20,22). The molecule has 5 heteroatoms. The molecule has 0 bridgehead atoms. The Balaban J connectivity index is 1.89. The molecular formula is C18H17FN2O2. The van der Waals surface area contributed by atoms with Crippen LogP contribution < -0.4 is 10.2 Å². The van der Waals surface area contributed by atoms with E-state index in [0.29, 0.717) is 11.3 Å². The summed E-state index contributed by atoms with van der Waals surface area (Å²) in [5, 5.41) is 2.78. The number of amides is 2. The summed E-state index contributed by atoms with van der Waals surface area (Å²) in [6.07, 6.45) is 0. The number of fused-ring (bicyclic) bond motifs is 1. The molecule has 0 saturated heterocycles. The Labute approximate surface area is 133 Å². The van der Waals surface area contributed by atoms with E-state index in [2.05, 4.69) is 5.32 Å². The van der Waals surface area contributed by atoms with Crippen molar-refractivity contribution in [1.29, 1.82) is 0 Å². The third-order valence-electron chi connectivity index (χ3n) is 4.23. The van der Waals surface area contributed by atoms with Crippen molar-refractivity contribution in [3.05, 3.63) is 59.4 Å². The van der Waals surface area contributed by atoms with Gasteiger partial charge in [-0.2, -0.15) is 0 Å². The first-order chi connectivity index (χ1) is 10.8. The molecule has 1 N–H and O–H groups in total. The van der Waals surface area contributed by atoms with Gasteiger partial charge in [-0.15, -0.1) is 0 Å². The van der Waals surface area contributed by atoms with Gasteiger partial charge < -0.3 is 10.2 Å². The molecule has 23 heavy (non-hydrogen) atoms. The van der Waals surface area contributed by atoms with Crippen molar-refractivity contribution in [3.63, 3.8) is 0 Å². The van der Waals surface area contributed by atoms with Gasteiger partial charge in [0.15, 0.2) is 0 Å². The van der Waals surface area contributed by atoms with Gasteiger partial charge >= 0.3 is 0 Å². The molecule has 2 amide bonds. The van der Waals surface area contributed by atoms with E-state index in [0.717, 1.165) is 11.3 Å². The molecule has 3 rings (SSSR count). The number of nitrogens with one attached hydrogen (secondary N) is 1. The van der Waals surface area contributed by atoms with E-state index >= 15 is 0 Å². The molecule has 0 spiro atoms. The highest BCUT2D eigenvalue weighted by Gasteiger charge is 2.42. The zero-order chi connectivity index (χ0) is 16.8. The van der Waals surface area contributed by atoms with E-state index in [9.17, 15) is 14.0 Å². The molecule has 0 aliphatic carbocycles. The average molecular weight is 312 g/mol. The molecule has 1 aliphatic rings. The number of hydrogen-bond donors (Lipinski definition) is 1. The van der Waals surface area contributed by atoms with E-state index in [4.69, 9.17) is 0 Å². The summed E-state index contributed by atoms with van der Waals surface area (Å²) in [7, 11) is 1.74. The van der Waals surface area contributed by atoms with Crippen molar-refractivity contribution in [3.8, 4) is 0 Å². The number of halogens is 1. The molecule has 0 atom stereocenters. The highest BCUT2D eigenvalue weighted by Crippen LogP contribution is 2.41. The highest BCUT2D eigenvalue weighted by atomic mass is 19.1. The SMILES string of the molecule is CN1C(=O)C(C)(C)c2cc(NC(=O)c3ccc(F)cc3)ccc21. The molecule has 4 nitrogen and oxygen atoms in total. The first kappa shape index (κ1) is 15.2. The zero-order valence-electron chi connectivity index (χ0n) is 13.2. The molecule has 0 aromatic heterocycles. The van der Waals surface area contributed by atoms with Crippen LogP contribution in [0.25, 0.3) is 0 Å². The largest absolute Gasteiger partial charge is 0.322 e. The molecule has 0 radical (unpaired) electrons. The van der Waals surface area contributed by atoms with Crippen LogP contribution in [0.15, 0.2) is 42.5 Å². The summed E-state index contributed by atoms with van der Waals surface area (Å²) >= 11 is 0. The topological polar surface area (TPSA) is 49.4 Å². The molecule has 0 unspecified atom stereocenters. The molecular weight excluding hydrogens is 295 g/mol. The van der Waals surface area contributed by atoms with Crippen molar-refractivity contribution in [1.82, 2.24) is 0 Å². The summed E-state index contributed by atoms with van der Waals surface area (Å²) in [4.78, 5) is 26.1. The Bertz CT molecular complexity index is 797. The quantitative estimate of drug-likeness (QED) is 0.924. The van der Waals surface area contributed by atoms with Crippen LogP contribution >= 0.6 is 0 Å². The predicted octanol–water partition coefficient (Wildman–Crippen LogP) is 3.33. The number of anilines is 2. The minimum absolute atomic E-state index is 0.0227. The van der Waals surface area contributed by atoms with Gasteiger partial charge in [-0.1, -0.05) is 0 Å². The third-order valence-corrected chi connectivity index (χ3v) is 4.23. The average Bonchev–Trinajstić information content (AvgIpc) is 2.69. The molecule has 0 fully saturated rings. The molecule has 2 aromatic carbocycles. The van der Waals surface area contributed by atoms with Crippen molar-refractivity contribution >= 4 is 23.2 Å². The Morgan fingerprint density at radius 2 is 1.78 bits per heavy atom. The van der Waals surface area contributed by atoms with Crippen LogP contribution in [0, 0.1) is 5.82 Å². The van der Waals surface area contributed by atoms with Gasteiger partial charge in [-0.05, 0) is 61.9 Å². The molecule has 1 heterocycles. The van der Waals surface area contributed by atoms with Gasteiger partial charge in [0.25, 0.3) is 5.91 Å². The van der Waals surface area contributed by atoms with Gasteiger partial charge in [0.05, 0.1) is 5.41 Å². The van der Waals surface area contributed by atoms with Gasteiger partial charge in [0, 0.05) is 24.0 Å². The summed E-state index contributed by atoms with van der Waals surface area (Å²) in [6.45, 7) is 3.73. The van der Waals surface area contributed by atoms with Gasteiger partial charge in [0.1, 0.15) is 5.82 Å². The van der Waals surface area contributed by atoms with Crippen LogP contribution in [0.2, 0.25) is 0 Å². The molecule has 0 saturated carbocycles. The number of likely N-dealkylation sites (N-methyl/N-ethyl adjacent to an activating group) is 1. The normalized spacial score (nSPS) is 15.5. The third kappa shape index (κ3) is 2.48. The van der Waals surface area contributed by atoms with Gasteiger partial charge in [0.2, 0.25) is 5.91 Å². The van der Waals surface area contributed by atoms with Gasteiger partial charge in [-0.3, -0.25) is 9.59 Å². The maximum Gasteiger partial charge on any atom is 0.255 e. The number of rotatable bonds is 2. The Hall–Kier alpha value is -2.69. The second-order valence-corrected chi connectivity index (χ2v) is 6.18. The lowest BCUT2D eigenvalue weighted by atomic mass is 9.86. The van der Waals surface area contributed by atoms with Crippen LogP contribution in [-0.4, -0.2) is 18.9 Å². The van der Waals surface area contributed by atoms with Gasteiger partial charge in [-0.25, -0.2) is 4.39 Å². The van der Waals surface area contributed by atoms with Crippen molar-refractivity contribution < 1.29 is 14.0 Å². The highest BCUT2D eigenvalue weighted by molar-refractivity contribution is 6.08. The van der Waals surface area contributed by atoms with E-state index < -0.39 is 5.41 Å². The van der Waals surface area contributed by atoms with E-state index in [-0.39, 0.29) is 17.6 Å². The maximum atomic E-state index is 12.9. The van der Waals surface area contributed by atoms with Crippen LogP contribution in [-0.2, 0) is 10.2 Å². The molecule has 118 valence electrons. The summed E-state index contributed by atoms with van der Waals surface area (Å²) in [5.74, 6) is -0.683. The lowest BCUT2D eigenvalue weighted by Crippen LogP contribution is -2.33. The van der Waals surface area contributed by atoms with E-state index in [1.165, 1.54) is 24.3 Å². The second-order valence-electron chi connectivity index (χ2n) is 6.18. The van der Waals surface area contributed by atoms with Crippen molar-refractivity contribution in [2.45, 2.75) is 19.3 Å². The number of benzene rings is 2. The second kappa shape index (κ2) is 5.19. The zero-order valence-corrected chi connectivity index (χ0v) is 13.2. The first-order valence-corrected chi connectivity index (χ1v) is 7.30. The smallest absolute Gasteiger partial charge is 0.255 e. The maximum absolute atomic E-state index is 12.9. The summed E-state index contributed by atoms with van der Waals surface area (Å²) < 4.78 is 12.9.